The van der Waals surface area contributed by atoms with Gasteiger partial charge in [0.15, 0.2) is 5.65 Å². The molecule has 0 saturated carbocycles. The Bertz CT molecular complexity index is 1230. The minimum Gasteiger partial charge on any atom is -0.364 e. The highest BCUT2D eigenvalue weighted by atomic mass is 16.2. The number of fused-ring (bicyclic) bond motifs is 1. The number of anilines is 2. The quantitative estimate of drug-likeness (QED) is 0.426. The average Bonchev–Trinajstić information content (AvgIpc) is 3.20. The number of rotatable bonds is 7. The number of nitrogens with zero attached hydrogens (tertiary/aromatic N) is 4. The molecule has 2 amide bonds. The molecule has 0 aliphatic carbocycles. The van der Waals surface area contributed by atoms with Crippen molar-refractivity contribution in [1.82, 2.24) is 24.9 Å². The topological polar surface area (TPSA) is 127 Å². The summed E-state index contributed by atoms with van der Waals surface area (Å²) in [5.74, 6) is -0.288. The maximum absolute atomic E-state index is 12.1. The molecule has 9 heteroatoms. The maximum atomic E-state index is 12.1. The van der Waals surface area contributed by atoms with E-state index in [2.05, 4.69) is 25.7 Å². The van der Waals surface area contributed by atoms with Crippen LogP contribution >= 0.6 is 0 Å². The minimum atomic E-state index is -0.587. The first-order valence-corrected chi connectivity index (χ1v) is 9.82. The molecule has 0 atom stereocenters. The molecule has 0 spiro atoms. The summed E-state index contributed by atoms with van der Waals surface area (Å²) >= 11 is 0. The van der Waals surface area contributed by atoms with E-state index in [9.17, 15) is 9.59 Å². The lowest BCUT2D eigenvalue weighted by atomic mass is 10.0. The van der Waals surface area contributed by atoms with Crippen LogP contribution in [0, 0.1) is 0 Å². The number of carbonyl (C=O) groups is 2. The third kappa shape index (κ3) is 4.35. The van der Waals surface area contributed by atoms with Gasteiger partial charge in [0.1, 0.15) is 5.69 Å². The van der Waals surface area contributed by atoms with Gasteiger partial charge in [-0.05, 0) is 48.4 Å². The van der Waals surface area contributed by atoms with Crippen LogP contribution in [-0.4, -0.2) is 37.9 Å². The molecule has 4 N–H and O–H groups in total. The SMILES string of the molecule is CCCNC(=O)c1ccc(-c2cccn3nc(Nc4ccc(C(N)=O)nc4)nc23)cc1. The van der Waals surface area contributed by atoms with Crippen LogP contribution in [0.1, 0.15) is 34.2 Å². The molecule has 3 aromatic heterocycles. The smallest absolute Gasteiger partial charge is 0.267 e. The number of amides is 2. The highest BCUT2D eigenvalue weighted by Crippen LogP contribution is 2.25. The molecule has 4 aromatic rings. The van der Waals surface area contributed by atoms with Gasteiger partial charge in [-0.3, -0.25) is 9.59 Å². The van der Waals surface area contributed by atoms with E-state index in [0.717, 1.165) is 17.5 Å². The second-order valence-corrected chi connectivity index (χ2v) is 6.88. The van der Waals surface area contributed by atoms with E-state index in [0.29, 0.717) is 29.4 Å². The van der Waals surface area contributed by atoms with E-state index in [1.165, 1.54) is 12.3 Å². The second-order valence-electron chi connectivity index (χ2n) is 6.88. The van der Waals surface area contributed by atoms with Crippen molar-refractivity contribution in [3.63, 3.8) is 0 Å². The third-order valence-corrected chi connectivity index (χ3v) is 4.63. The van der Waals surface area contributed by atoms with Crippen LogP contribution in [0.4, 0.5) is 11.6 Å². The Morgan fingerprint density at radius 2 is 1.90 bits per heavy atom. The zero-order valence-electron chi connectivity index (χ0n) is 16.9. The van der Waals surface area contributed by atoms with Crippen molar-refractivity contribution >= 4 is 29.1 Å². The first-order valence-electron chi connectivity index (χ1n) is 9.82. The molecular formula is C22H21N7O2. The third-order valence-electron chi connectivity index (χ3n) is 4.63. The molecule has 9 nitrogen and oxygen atoms in total. The lowest BCUT2D eigenvalue weighted by Gasteiger charge is -2.06. The molecule has 156 valence electrons. The Hall–Kier alpha value is -4.27. The van der Waals surface area contributed by atoms with Gasteiger partial charge in [0.2, 0.25) is 5.95 Å². The molecule has 0 unspecified atom stereocenters. The van der Waals surface area contributed by atoms with Gasteiger partial charge < -0.3 is 16.4 Å². The predicted molar refractivity (Wildman–Crippen MR) is 117 cm³/mol. The van der Waals surface area contributed by atoms with E-state index in [-0.39, 0.29) is 11.6 Å². The summed E-state index contributed by atoms with van der Waals surface area (Å²) < 4.78 is 1.67. The molecule has 0 saturated heterocycles. The molecule has 0 fully saturated rings. The monoisotopic (exact) mass is 415 g/mol. The molecule has 31 heavy (non-hydrogen) atoms. The summed E-state index contributed by atoms with van der Waals surface area (Å²) in [6, 6.07) is 14.4. The van der Waals surface area contributed by atoms with Crippen LogP contribution in [-0.2, 0) is 0 Å². The summed E-state index contributed by atoms with van der Waals surface area (Å²) in [5, 5.41) is 10.4. The number of primary amides is 1. The summed E-state index contributed by atoms with van der Waals surface area (Å²) in [5.41, 5.74) is 9.10. The van der Waals surface area contributed by atoms with Gasteiger partial charge in [0.25, 0.3) is 11.8 Å². The largest absolute Gasteiger partial charge is 0.364 e. The molecular weight excluding hydrogens is 394 g/mol. The number of benzene rings is 1. The van der Waals surface area contributed by atoms with Crippen molar-refractivity contribution in [3.05, 3.63) is 72.2 Å². The van der Waals surface area contributed by atoms with Gasteiger partial charge in [0, 0.05) is 23.9 Å². The Morgan fingerprint density at radius 3 is 2.58 bits per heavy atom. The fourth-order valence-electron chi connectivity index (χ4n) is 3.07. The van der Waals surface area contributed by atoms with Crippen molar-refractivity contribution in [1.29, 1.82) is 0 Å². The van der Waals surface area contributed by atoms with Crippen molar-refractivity contribution in [2.45, 2.75) is 13.3 Å². The Kier molecular flexibility index (Phi) is 5.57. The molecule has 0 aliphatic heterocycles. The zero-order valence-corrected chi connectivity index (χ0v) is 16.9. The molecule has 0 bridgehead atoms. The maximum Gasteiger partial charge on any atom is 0.267 e. The van der Waals surface area contributed by atoms with Crippen molar-refractivity contribution in [2.75, 3.05) is 11.9 Å². The van der Waals surface area contributed by atoms with E-state index in [1.54, 1.807) is 28.9 Å². The zero-order chi connectivity index (χ0) is 21.8. The lowest BCUT2D eigenvalue weighted by Crippen LogP contribution is -2.23. The number of aromatic nitrogens is 4. The summed E-state index contributed by atoms with van der Waals surface area (Å²) in [6.45, 7) is 2.66. The fourth-order valence-corrected chi connectivity index (χ4v) is 3.07. The summed E-state index contributed by atoms with van der Waals surface area (Å²) in [7, 11) is 0. The Balaban J connectivity index is 1.59. The van der Waals surface area contributed by atoms with Gasteiger partial charge >= 0.3 is 0 Å². The molecule has 0 radical (unpaired) electrons. The van der Waals surface area contributed by atoms with Gasteiger partial charge in [-0.25, -0.2) is 9.50 Å². The van der Waals surface area contributed by atoms with Crippen molar-refractivity contribution in [3.8, 4) is 11.1 Å². The number of nitrogens with two attached hydrogens (primary N) is 1. The van der Waals surface area contributed by atoms with Crippen LogP contribution < -0.4 is 16.4 Å². The molecule has 4 rings (SSSR count). The Labute approximate surface area is 178 Å². The second kappa shape index (κ2) is 8.62. The standard InChI is InChI=1S/C22H21N7O2/c1-2-11-24-21(31)15-7-5-14(6-8-15)17-4-3-12-29-20(17)27-22(28-29)26-16-9-10-18(19(23)30)25-13-16/h3-10,12-13H,2,11H2,1H3,(H2,23,30)(H,24,31)(H,26,28). The number of hydrogen-bond donors (Lipinski definition) is 3. The first-order chi connectivity index (χ1) is 15.0. The van der Waals surface area contributed by atoms with Crippen LogP contribution in [0.25, 0.3) is 16.8 Å². The molecule has 3 heterocycles. The van der Waals surface area contributed by atoms with Crippen LogP contribution in [0.15, 0.2) is 60.9 Å². The van der Waals surface area contributed by atoms with Crippen LogP contribution in [0.2, 0.25) is 0 Å². The minimum absolute atomic E-state index is 0.0865. The highest BCUT2D eigenvalue weighted by Gasteiger charge is 2.12. The molecule has 0 aliphatic rings. The van der Waals surface area contributed by atoms with E-state index in [4.69, 9.17) is 5.73 Å². The van der Waals surface area contributed by atoms with E-state index < -0.39 is 5.91 Å². The first kappa shape index (κ1) is 20.0. The fraction of sp³-hybridized carbons (Fsp3) is 0.136. The van der Waals surface area contributed by atoms with Gasteiger partial charge in [0.05, 0.1) is 11.9 Å². The normalized spacial score (nSPS) is 10.7. The predicted octanol–water partition coefficient (Wildman–Crippen LogP) is 2.77. The van der Waals surface area contributed by atoms with Crippen LogP contribution in [0.5, 0.6) is 0 Å². The highest BCUT2D eigenvalue weighted by molar-refractivity contribution is 5.95. The van der Waals surface area contributed by atoms with Crippen molar-refractivity contribution in [2.24, 2.45) is 5.73 Å². The van der Waals surface area contributed by atoms with E-state index in [1.807, 2.05) is 31.2 Å². The van der Waals surface area contributed by atoms with Gasteiger partial charge in [-0.1, -0.05) is 19.1 Å². The lowest BCUT2D eigenvalue weighted by molar-refractivity contribution is 0.0952. The number of pyridine rings is 2. The van der Waals surface area contributed by atoms with Crippen LogP contribution in [0.3, 0.4) is 0 Å². The summed E-state index contributed by atoms with van der Waals surface area (Å²) in [6.07, 6.45) is 4.19. The number of nitrogens with one attached hydrogen (secondary N) is 2. The van der Waals surface area contributed by atoms with Gasteiger partial charge in [-0.2, -0.15) is 4.98 Å². The summed E-state index contributed by atoms with van der Waals surface area (Å²) in [4.78, 5) is 31.9. The number of carbonyl (C=O) groups excluding carboxylic acids is 2. The van der Waals surface area contributed by atoms with Crippen molar-refractivity contribution < 1.29 is 9.59 Å². The number of hydrogen-bond acceptors (Lipinski definition) is 6. The van der Waals surface area contributed by atoms with E-state index >= 15 is 0 Å². The average molecular weight is 415 g/mol. The van der Waals surface area contributed by atoms with Gasteiger partial charge in [-0.15, -0.1) is 5.10 Å². The molecule has 1 aromatic carbocycles. The Morgan fingerprint density at radius 1 is 1.10 bits per heavy atom.